The first-order valence-electron chi connectivity index (χ1n) is 12.9. The molecule has 2 fully saturated rings. The van der Waals surface area contributed by atoms with Gasteiger partial charge in [-0.15, -0.1) is 11.3 Å². The Morgan fingerprint density at radius 3 is 2.00 bits per heavy atom. The van der Waals surface area contributed by atoms with E-state index < -0.39 is 29.4 Å². The average Bonchev–Trinajstić information content (AvgIpc) is 3.55. The Kier molecular flexibility index (Phi) is 7.67. The predicted octanol–water partition coefficient (Wildman–Crippen LogP) is 7.64. The van der Waals surface area contributed by atoms with Crippen LogP contribution in [0, 0.1) is 11.8 Å². The normalized spacial score (nSPS) is 25.9. The van der Waals surface area contributed by atoms with E-state index in [1.807, 2.05) is 11.4 Å². The second-order valence-electron chi connectivity index (χ2n) is 10.4. The summed E-state index contributed by atoms with van der Waals surface area (Å²) in [4.78, 5) is 44.0. The number of likely N-dealkylation sites (tertiary alicyclic amines) is 1. The minimum Gasteiger partial charge on any atom is -0.479 e. The lowest BCUT2D eigenvalue weighted by atomic mass is 9.72. The first-order chi connectivity index (χ1) is 18.2. The van der Waals surface area contributed by atoms with Crippen molar-refractivity contribution in [2.24, 2.45) is 11.8 Å². The van der Waals surface area contributed by atoms with E-state index in [1.165, 1.54) is 16.2 Å². The number of benzene rings is 2. The molecule has 1 saturated heterocycles. The smallest absolute Gasteiger partial charge is 0.330 e. The number of halogens is 2. The van der Waals surface area contributed by atoms with Crippen molar-refractivity contribution in [1.29, 1.82) is 0 Å². The molecule has 1 aliphatic heterocycles. The van der Waals surface area contributed by atoms with E-state index >= 15 is 0 Å². The van der Waals surface area contributed by atoms with Crippen LogP contribution in [-0.4, -0.2) is 33.2 Å². The number of Topliss-reactive ketones (excluding diaryl/α,β-unsaturated/α-hetero) is 1. The highest BCUT2D eigenvalue weighted by atomic mass is 35.5. The molecule has 4 unspecified atom stereocenters. The van der Waals surface area contributed by atoms with Gasteiger partial charge in [-0.2, -0.15) is 0 Å². The number of carboxylic acid groups (broad SMARTS) is 1. The molecule has 38 heavy (non-hydrogen) atoms. The number of thiophene rings is 1. The molecule has 1 amide bonds. The van der Waals surface area contributed by atoms with Crippen molar-refractivity contribution in [1.82, 2.24) is 4.90 Å². The van der Waals surface area contributed by atoms with Crippen LogP contribution >= 0.6 is 34.5 Å². The molecule has 2 aliphatic rings. The van der Waals surface area contributed by atoms with Crippen LogP contribution in [0.15, 0.2) is 66.0 Å². The van der Waals surface area contributed by atoms with E-state index in [-0.39, 0.29) is 17.6 Å². The van der Waals surface area contributed by atoms with Crippen LogP contribution in [-0.2, 0) is 9.59 Å². The molecule has 1 aromatic heterocycles. The predicted molar refractivity (Wildman–Crippen MR) is 150 cm³/mol. The van der Waals surface area contributed by atoms with Gasteiger partial charge in [-0.25, -0.2) is 4.79 Å². The lowest BCUT2D eigenvalue weighted by Gasteiger charge is -2.40. The Labute approximate surface area is 236 Å². The molecular formula is C30H29Cl2NO4S. The molecule has 8 heteroatoms. The van der Waals surface area contributed by atoms with Crippen LogP contribution < -0.4 is 0 Å². The van der Waals surface area contributed by atoms with Crippen LogP contribution in [0.25, 0.3) is 0 Å². The molecular weight excluding hydrogens is 541 g/mol. The van der Waals surface area contributed by atoms with Crippen LogP contribution in [0.2, 0.25) is 10.0 Å². The number of rotatable bonds is 6. The molecule has 1 aliphatic carbocycles. The van der Waals surface area contributed by atoms with Crippen molar-refractivity contribution in [2.45, 2.75) is 56.5 Å². The summed E-state index contributed by atoms with van der Waals surface area (Å²) in [5, 5.41) is 13.7. The van der Waals surface area contributed by atoms with E-state index in [9.17, 15) is 19.5 Å². The highest BCUT2D eigenvalue weighted by Crippen LogP contribution is 2.57. The topological polar surface area (TPSA) is 74.7 Å². The maximum atomic E-state index is 14.4. The highest BCUT2D eigenvalue weighted by molar-refractivity contribution is 7.12. The third-order valence-electron chi connectivity index (χ3n) is 8.22. The van der Waals surface area contributed by atoms with Gasteiger partial charge in [-0.3, -0.25) is 9.59 Å². The van der Waals surface area contributed by atoms with Crippen molar-refractivity contribution >= 4 is 52.2 Å². The zero-order valence-corrected chi connectivity index (χ0v) is 23.3. The summed E-state index contributed by atoms with van der Waals surface area (Å²) in [7, 11) is 0. The second-order valence-corrected chi connectivity index (χ2v) is 12.2. The van der Waals surface area contributed by atoms with Gasteiger partial charge < -0.3 is 10.0 Å². The van der Waals surface area contributed by atoms with E-state index in [4.69, 9.17) is 23.2 Å². The minimum atomic E-state index is -1.68. The maximum absolute atomic E-state index is 14.4. The van der Waals surface area contributed by atoms with Gasteiger partial charge in [0.25, 0.3) is 0 Å². The average molecular weight is 571 g/mol. The summed E-state index contributed by atoms with van der Waals surface area (Å²) in [5.41, 5.74) is -0.325. The van der Waals surface area contributed by atoms with Gasteiger partial charge in [0.15, 0.2) is 5.78 Å². The first kappa shape index (κ1) is 26.9. The molecule has 5 rings (SSSR count). The Bertz CT molecular complexity index is 1320. The summed E-state index contributed by atoms with van der Waals surface area (Å²) in [6, 6.07) is 16.8. The second kappa shape index (κ2) is 10.8. The van der Waals surface area contributed by atoms with E-state index in [2.05, 4.69) is 0 Å². The standard InChI is InChI=1S/C30H29Cl2NO4S/c1-30(29(36)37)25(18-9-13-21(31)14-10-18)24(27(34)23-8-5-17-38-23)26(19-11-15-22(32)16-12-19)33(30)28(35)20-6-3-2-4-7-20/h5,8-17,20,24-26H,2-4,6-7H2,1H3,(H,36,37). The van der Waals surface area contributed by atoms with Crippen LogP contribution in [0.4, 0.5) is 0 Å². The molecule has 0 radical (unpaired) electrons. The molecule has 2 aromatic carbocycles. The highest BCUT2D eigenvalue weighted by Gasteiger charge is 2.65. The number of carbonyl (C=O) groups excluding carboxylic acids is 2. The lowest BCUT2D eigenvalue weighted by Crippen LogP contribution is -2.55. The molecule has 1 N–H and O–H groups in total. The van der Waals surface area contributed by atoms with Gasteiger partial charge in [0.1, 0.15) is 5.54 Å². The molecule has 198 valence electrons. The molecule has 3 aromatic rings. The Balaban J connectivity index is 1.77. The molecule has 5 nitrogen and oxygen atoms in total. The monoisotopic (exact) mass is 569 g/mol. The third-order valence-corrected chi connectivity index (χ3v) is 9.60. The number of hydrogen-bond donors (Lipinski definition) is 1. The Morgan fingerprint density at radius 2 is 1.47 bits per heavy atom. The van der Waals surface area contributed by atoms with Gasteiger partial charge in [-0.05, 0) is 66.6 Å². The van der Waals surface area contributed by atoms with Crippen molar-refractivity contribution in [3.8, 4) is 0 Å². The fraction of sp³-hybridized carbons (Fsp3) is 0.367. The zero-order chi connectivity index (χ0) is 27.0. The van der Waals surface area contributed by atoms with E-state index in [0.29, 0.717) is 38.9 Å². The van der Waals surface area contributed by atoms with Crippen molar-refractivity contribution in [3.05, 3.63) is 92.1 Å². The minimum absolute atomic E-state index is 0.175. The summed E-state index contributed by atoms with van der Waals surface area (Å²) in [6.07, 6.45) is 4.35. The van der Waals surface area contributed by atoms with Gasteiger partial charge in [0.05, 0.1) is 16.8 Å². The number of aliphatic carboxylic acids is 1. The molecule has 1 saturated carbocycles. The number of nitrogens with zero attached hydrogens (tertiary/aromatic N) is 1. The number of hydrogen-bond acceptors (Lipinski definition) is 4. The van der Waals surface area contributed by atoms with E-state index in [1.54, 1.807) is 61.5 Å². The van der Waals surface area contributed by atoms with Crippen molar-refractivity contribution < 1.29 is 19.5 Å². The van der Waals surface area contributed by atoms with Gasteiger partial charge in [-0.1, -0.05) is 72.8 Å². The molecule has 0 spiro atoms. The van der Waals surface area contributed by atoms with Crippen molar-refractivity contribution in [3.63, 3.8) is 0 Å². The quantitative estimate of drug-likeness (QED) is 0.309. The summed E-state index contributed by atoms with van der Waals surface area (Å²) < 4.78 is 0. The lowest BCUT2D eigenvalue weighted by molar-refractivity contribution is -0.160. The molecule has 2 heterocycles. The number of ketones is 1. The Hall–Kier alpha value is -2.67. The van der Waals surface area contributed by atoms with Gasteiger partial charge >= 0.3 is 5.97 Å². The number of carbonyl (C=O) groups is 3. The summed E-state index contributed by atoms with van der Waals surface area (Å²) >= 11 is 13.7. The number of carboxylic acids is 1. The zero-order valence-electron chi connectivity index (χ0n) is 21.0. The molecule has 0 bridgehead atoms. The largest absolute Gasteiger partial charge is 0.479 e. The van der Waals surface area contributed by atoms with E-state index in [0.717, 1.165) is 19.3 Å². The SMILES string of the molecule is CC1(C(=O)O)C(c2ccc(Cl)cc2)C(C(=O)c2cccs2)C(c2ccc(Cl)cc2)N1C(=O)C1CCCCC1. The van der Waals surface area contributed by atoms with Crippen LogP contribution in [0.5, 0.6) is 0 Å². The fourth-order valence-corrected chi connectivity index (χ4v) is 7.34. The maximum Gasteiger partial charge on any atom is 0.330 e. The van der Waals surface area contributed by atoms with Gasteiger partial charge in [0, 0.05) is 21.9 Å². The number of amides is 1. The van der Waals surface area contributed by atoms with Crippen molar-refractivity contribution in [2.75, 3.05) is 0 Å². The summed E-state index contributed by atoms with van der Waals surface area (Å²) in [6.45, 7) is 1.60. The first-order valence-corrected chi connectivity index (χ1v) is 14.5. The molecule has 4 atom stereocenters. The third kappa shape index (κ3) is 4.67. The Morgan fingerprint density at radius 1 is 0.895 bits per heavy atom. The van der Waals surface area contributed by atoms with Crippen LogP contribution in [0.1, 0.15) is 71.8 Å². The van der Waals surface area contributed by atoms with Gasteiger partial charge in [0.2, 0.25) is 5.91 Å². The van der Waals surface area contributed by atoms with Crippen LogP contribution in [0.3, 0.4) is 0 Å². The summed E-state index contributed by atoms with van der Waals surface area (Å²) in [5.74, 6) is -3.42. The fourth-order valence-electron chi connectivity index (χ4n) is 6.38.